The van der Waals surface area contributed by atoms with E-state index in [0.717, 1.165) is 18.9 Å². The number of anilines is 1. The number of carboxylic acid groups (broad SMARTS) is 1. The minimum Gasteiger partial charge on any atom is -0.477 e. The van der Waals surface area contributed by atoms with Gasteiger partial charge in [0.1, 0.15) is 17.1 Å². The van der Waals surface area contributed by atoms with Crippen molar-refractivity contribution in [2.45, 2.75) is 37.4 Å². The van der Waals surface area contributed by atoms with Crippen molar-refractivity contribution >= 4 is 22.6 Å². The fourth-order valence-electron chi connectivity index (χ4n) is 4.13. The van der Waals surface area contributed by atoms with E-state index < -0.39 is 28.6 Å². The molecule has 1 saturated carbocycles. The van der Waals surface area contributed by atoms with Crippen LogP contribution in [-0.2, 0) is 0 Å². The number of carboxylic acids is 1. The van der Waals surface area contributed by atoms with Crippen molar-refractivity contribution in [1.29, 1.82) is 0 Å². The third-order valence-corrected chi connectivity index (χ3v) is 5.78. The Bertz CT molecular complexity index is 1050. The molecule has 136 valence electrons. The molecule has 0 bridgehead atoms. The number of pyridine rings is 1. The van der Waals surface area contributed by atoms with Gasteiger partial charge in [-0.2, -0.15) is 0 Å². The molecule has 1 aliphatic carbocycles. The van der Waals surface area contributed by atoms with E-state index >= 15 is 4.39 Å². The molecule has 2 aromatic rings. The number of rotatable bonds is 3. The van der Waals surface area contributed by atoms with Crippen molar-refractivity contribution in [2.75, 3.05) is 18.0 Å². The third kappa shape index (κ3) is 2.05. The van der Waals surface area contributed by atoms with Gasteiger partial charge in [0.05, 0.1) is 16.4 Å². The zero-order chi connectivity index (χ0) is 18.4. The Hall–Kier alpha value is -2.48. The first-order valence-electron chi connectivity index (χ1n) is 8.63. The SMILES string of the molecule is CC12CN(c3c(F)cc4c(=O)c(C(=O)O)cn(C5CC5)c4c3F)CC1N2. The monoisotopic (exact) mass is 361 g/mol. The molecule has 1 aromatic carbocycles. The molecule has 0 spiro atoms. The predicted molar refractivity (Wildman–Crippen MR) is 90.9 cm³/mol. The smallest absolute Gasteiger partial charge is 0.341 e. The molecule has 3 fully saturated rings. The van der Waals surface area contributed by atoms with Crippen LogP contribution in [0.1, 0.15) is 36.2 Å². The standard InChI is InChI=1S/C18H17F2N3O3/c1-18-7-22(6-12(18)21-18)15-11(19)4-9-14(13(15)20)23(8-2-3-8)5-10(16(9)24)17(25)26/h4-5,8,12,21H,2-3,6-7H2,1H3,(H,25,26). The summed E-state index contributed by atoms with van der Waals surface area (Å²) < 4.78 is 31.7. The van der Waals surface area contributed by atoms with Crippen molar-refractivity contribution in [3.8, 4) is 0 Å². The van der Waals surface area contributed by atoms with E-state index in [1.165, 1.54) is 10.8 Å². The first kappa shape index (κ1) is 15.7. The van der Waals surface area contributed by atoms with Gasteiger partial charge in [-0.05, 0) is 25.8 Å². The van der Waals surface area contributed by atoms with E-state index in [-0.39, 0.29) is 34.2 Å². The summed E-state index contributed by atoms with van der Waals surface area (Å²) in [5.74, 6) is -3.01. The summed E-state index contributed by atoms with van der Waals surface area (Å²) in [6.45, 7) is 2.99. The maximum absolute atomic E-state index is 15.4. The number of hydrogen-bond donors (Lipinski definition) is 2. The summed E-state index contributed by atoms with van der Waals surface area (Å²) in [5.41, 5.74) is -1.58. The second-order valence-electron chi connectivity index (χ2n) is 7.73. The van der Waals surface area contributed by atoms with Crippen LogP contribution in [-0.4, -0.2) is 40.3 Å². The summed E-state index contributed by atoms with van der Waals surface area (Å²) in [6.07, 6.45) is 2.74. The largest absolute Gasteiger partial charge is 0.477 e. The molecule has 8 heteroatoms. The molecule has 2 aliphatic heterocycles. The Labute approximate surface area is 147 Å². The molecule has 26 heavy (non-hydrogen) atoms. The third-order valence-electron chi connectivity index (χ3n) is 5.78. The van der Waals surface area contributed by atoms with Crippen LogP contribution >= 0.6 is 0 Å². The summed E-state index contributed by atoms with van der Waals surface area (Å²) in [4.78, 5) is 25.5. The molecule has 3 heterocycles. The van der Waals surface area contributed by atoms with Gasteiger partial charge in [0, 0.05) is 31.4 Å². The molecule has 0 amide bonds. The van der Waals surface area contributed by atoms with Gasteiger partial charge < -0.3 is 19.9 Å². The molecule has 3 aliphatic rings. The van der Waals surface area contributed by atoms with E-state index in [4.69, 9.17) is 0 Å². The maximum atomic E-state index is 15.4. The van der Waals surface area contributed by atoms with E-state index in [2.05, 4.69) is 5.32 Å². The molecule has 2 atom stereocenters. The van der Waals surface area contributed by atoms with Crippen molar-refractivity contribution in [2.24, 2.45) is 0 Å². The van der Waals surface area contributed by atoms with E-state index in [9.17, 15) is 19.1 Å². The van der Waals surface area contributed by atoms with Crippen molar-refractivity contribution < 1.29 is 18.7 Å². The number of aromatic nitrogens is 1. The topological polar surface area (TPSA) is 84.5 Å². The molecular formula is C18H17F2N3O3. The Morgan fingerprint density at radius 3 is 2.69 bits per heavy atom. The second-order valence-corrected chi connectivity index (χ2v) is 7.73. The predicted octanol–water partition coefficient (Wildman–Crippen LogP) is 1.86. The molecule has 2 unspecified atom stereocenters. The molecule has 2 N–H and O–H groups in total. The zero-order valence-corrected chi connectivity index (χ0v) is 14.1. The summed E-state index contributed by atoms with van der Waals surface area (Å²) in [5, 5.41) is 12.3. The van der Waals surface area contributed by atoms with Crippen LogP contribution < -0.4 is 15.6 Å². The molecule has 6 nitrogen and oxygen atoms in total. The number of piperazine rings is 1. The highest BCUT2D eigenvalue weighted by Crippen LogP contribution is 2.42. The number of carbonyl (C=O) groups is 1. The number of aromatic carboxylic acids is 1. The Kier molecular flexibility index (Phi) is 2.92. The van der Waals surface area contributed by atoms with E-state index in [0.29, 0.717) is 13.1 Å². The molecule has 2 saturated heterocycles. The minimum atomic E-state index is -1.39. The fraction of sp³-hybridized carbons (Fsp3) is 0.444. The number of benzene rings is 1. The van der Waals surface area contributed by atoms with Crippen LogP contribution in [0.5, 0.6) is 0 Å². The lowest BCUT2D eigenvalue weighted by atomic mass is 10.1. The van der Waals surface area contributed by atoms with Crippen molar-refractivity contribution in [3.05, 3.63) is 39.7 Å². The van der Waals surface area contributed by atoms with Crippen LogP contribution in [0.4, 0.5) is 14.5 Å². The summed E-state index contributed by atoms with van der Waals surface area (Å²) in [7, 11) is 0. The van der Waals surface area contributed by atoms with E-state index in [1.807, 2.05) is 6.92 Å². The number of halogens is 2. The van der Waals surface area contributed by atoms with Gasteiger partial charge in [-0.1, -0.05) is 0 Å². The highest BCUT2D eigenvalue weighted by Gasteiger charge is 2.56. The van der Waals surface area contributed by atoms with Crippen LogP contribution in [0.15, 0.2) is 17.1 Å². The molecule has 1 aromatic heterocycles. The van der Waals surface area contributed by atoms with Crippen LogP contribution in [0.3, 0.4) is 0 Å². The number of nitrogens with zero attached hydrogens (tertiary/aromatic N) is 2. The molecule has 5 rings (SSSR count). The normalized spacial score (nSPS) is 27.0. The summed E-state index contributed by atoms with van der Waals surface area (Å²) in [6, 6.07) is 1.13. The second kappa shape index (κ2) is 4.82. The average Bonchev–Trinajstić information content (AvgIpc) is 3.47. The lowest BCUT2D eigenvalue weighted by Crippen LogP contribution is -2.32. The molecule has 0 radical (unpaired) electrons. The lowest BCUT2D eigenvalue weighted by molar-refractivity contribution is 0.0695. The first-order chi connectivity index (χ1) is 12.3. The van der Waals surface area contributed by atoms with Crippen LogP contribution in [0.2, 0.25) is 0 Å². The highest BCUT2D eigenvalue weighted by molar-refractivity contribution is 5.94. The molecular weight excluding hydrogens is 344 g/mol. The Morgan fingerprint density at radius 2 is 2.12 bits per heavy atom. The van der Waals surface area contributed by atoms with Gasteiger partial charge in [-0.25, -0.2) is 13.6 Å². The van der Waals surface area contributed by atoms with Crippen molar-refractivity contribution in [1.82, 2.24) is 9.88 Å². The Balaban J connectivity index is 1.77. The van der Waals surface area contributed by atoms with Gasteiger partial charge in [0.15, 0.2) is 5.82 Å². The maximum Gasteiger partial charge on any atom is 0.341 e. The van der Waals surface area contributed by atoms with Crippen LogP contribution in [0.25, 0.3) is 10.9 Å². The number of nitrogens with one attached hydrogen (secondary N) is 1. The fourth-order valence-corrected chi connectivity index (χ4v) is 4.13. The summed E-state index contributed by atoms with van der Waals surface area (Å²) >= 11 is 0. The minimum absolute atomic E-state index is 0.00224. The number of fused-ring (bicyclic) bond motifs is 2. The number of hydrogen-bond acceptors (Lipinski definition) is 4. The van der Waals surface area contributed by atoms with Gasteiger partial charge in [-0.15, -0.1) is 0 Å². The van der Waals surface area contributed by atoms with Gasteiger partial charge in [0.2, 0.25) is 5.43 Å². The van der Waals surface area contributed by atoms with Gasteiger partial charge in [-0.3, -0.25) is 4.79 Å². The van der Waals surface area contributed by atoms with Crippen LogP contribution in [0, 0.1) is 11.6 Å². The highest BCUT2D eigenvalue weighted by atomic mass is 19.1. The Morgan fingerprint density at radius 1 is 1.38 bits per heavy atom. The quantitative estimate of drug-likeness (QED) is 0.816. The van der Waals surface area contributed by atoms with E-state index in [1.54, 1.807) is 4.90 Å². The first-order valence-corrected chi connectivity index (χ1v) is 8.63. The van der Waals surface area contributed by atoms with Crippen molar-refractivity contribution in [3.63, 3.8) is 0 Å². The average molecular weight is 361 g/mol. The van der Waals surface area contributed by atoms with Gasteiger partial charge in [0.25, 0.3) is 0 Å². The van der Waals surface area contributed by atoms with Gasteiger partial charge >= 0.3 is 5.97 Å². The zero-order valence-electron chi connectivity index (χ0n) is 14.1. The lowest BCUT2D eigenvalue weighted by Gasteiger charge is -2.24.